The third-order valence-electron chi connectivity index (χ3n) is 0.769. The van der Waals surface area contributed by atoms with Crippen molar-refractivity contribution in [2.45, 2.75) is 20.8 Å². The molecule has 0 unspecified atom stereocenters. The molecule has 0 heterocycles. The number of rotatable bonds is 5. The molecule has 0 rings (SSSR count). The zero-order valence-corrected chi connectivity index (χ0v) is 6.39. The Kier molecular flexibility index (Phi) is 5.99. The van der Waals surface area contributed by atoms with E-state index in [2.05, 4.69) is 13.8 Å². The predicted octanol–water partition coefficient (Wildman–Crippen LogP) is 1.81. The van der Waals surface area contributed by atoms with Crippen LogP contribution in [-0.2, 0) is 9.47 Å². The predicted molar refractivity (Wildman–Crippen MR) is 36.7 cm³/mol. The van der Waals surface area contributed by atoms with E-state index >= 15 is 0 Å². The molecule has 0 atom stereocenters. The molecule has 9 heavy (non-hydrogen) atoms. The van der Waals surface area contributed by atoms with Gasteiger partial charge in [-0.2, -0.15) is 0 Å². The average molecular weight is 131 g/mol. The lowest BCUT2D eigenvalue weighted by atomic mass is 10.2. The molecule has 2 heteroatoms. The van der Waals surface area contributed by atoms with Crippen LogP contribution >= 0.6 is 0 Å². The summed E-state index contributed by atoms with van der Waals surface area (Å²) in [5.74, 6) is 0.588. The summed E-state index contributed by atoms with van der Waals surface area (Å²) in [6, 6.07) is 0. The van der Waals surface area contributed by atoms with E-state index in [-0.39, 0.29) is 0 Å². The van der Waals surface area contributed by atoms with Gasteiger partial charge in [0.25, 0.3) is 0 Å². The van der Waals surface area contributed by atoms with E-state index in [4.69, 9.17) is 9.47 Å². The van der Waals surface area contributed by atoms with Crippen LogP contribution in [0, 0.1) is 12.5 Å². The van der Waals surface area contributed by atoms with E-state index in [1.54, 1.807) is 6.61 Å². The highest BCUT2D eigenvalue weighted by Gasteiger charge is 1.91. The van der Waals surface area contributed by atoms with Crippen molar-refractivity contribution in [2.24, 2.45) is 5.92 Å². The minimum atomic E-state index is 0.384. The Morgan fingerprint density at radius 2 is 2.11 bits per heavy atom. The molecule has 0 saturated carbocycles. The summed E-state index contributed by atoms with van der Waals surface area (Å²) >= 11 is 0. The molecule has 0 N–H and O–H groups in total. The molecule has 0 aliphatic heterocycles. The highest BCUT2D eigenvalue weighted by atomic mass is 16.7. The Hall–Kier alpha value is -0.0800. The molecule has 55 valence electrons. The van der Waals surface area contributed by atoms with Crippen molar-refractivity contribution in [3.63, 3.8) is 0 Å². The van der Waals surface area contributed by atoms with Crippen molar-refractivity contribution < 1.29 is 9.47 Å². The molecule has 0 spiro atoms. The van der Waals surface area contributed by atoms with Crippen LogP contribution in [0.1, 0.15) is 20.8 Å². The lowest BCUT2D eigenvalue weighted by molar-refractivity contribution is -0.0361. The van der Waals surface area contributed by atoms with Gasteiger partial charge in [0, 0.05) is 0 Å². The zero-order chi connectivity index (χ0) is 7.11. The number of ether oxygens (including phenoxy) is 2. The molecule has 2 nitrogen and oxygen atoms in total. The lowest BCUT2D eigenvalue weighted by Crippen LogP contribution is -2.04. The Bertz CT molecular complexity index is 52.9. The van der Waals surface area contributed by atoms with Gasteiger partial charge in [-0.15, -0.1) is 0 Å². The first kappa shape index (κ1) is 8.92. The van der Waals surface area contributed by atoms with Gasteiger partial charge in [-0.25, -0.2) is 0 Å². The Morgan fingerprint density at radius 3 is 2.56 bits per heavy atom. The summed E-state index contributed by atoms with van der Waals surface area (Å²) in [5, 5.41) is 0. The van der Waals surface area contributed by atoms with E-state index in [9.17, 15) is 0 Å². The van der Waals surface area contributed by atoms with Crippen molar-refractivity contribution in [1.82, 2.24) is 0 Å². The molecular formula is C7H15O2. The van der Waals surface area contributed by atoms with E-state index in [0.29, 0.717) is 12.7 Å². The van der Waals surface area contributed by atoms with Crippen LogP contribution in [-0.4, -0.2) is 13.4 Å². The largest absolute Gasteiger partial charge is 0.355 e. The highest BCUT2D eigenvalue weighted by Crippen LogP contribution is 1.92. The fourth-order valence-electron chi connectivity index (χ4n) is 0.400. The highest BCUT2D eigenvalue weighted by molar-refractivity contribution is 4.37. The smallest absolute Gasteiger partial charge is 0.147 e. The summed E-state index contributed by atoms with van der Waals surface area (Å²) in [5.41, 5.74) is 0. The first-order valence-electron chi connectivity index (χ1n) is 3.24. The summed E-state index contributed by atoms with van der Waals surface area (Å²) in [6.45, 7) is 8.83. The van der Waals surface area contributed by atoms with Gasteiger partial charge in [0.05, 0.1) is 13.2 Å². The Morgan fingerprint density at radius 1 is 1.44 bits per heavy atom. The minimum absolute atomic E-state index is 0.384. The van der Waals surface area contributed by atoms with Gasteiger partial charge >= 0.3 is 0 Å². The summed E-state index contributed by atoms with van der Waals surface area (Å²) < 4.78 is 9.92. The van der Waals surface area contributed by atoms with Crippen molar-refractivity contribution in [3.8, 4) is 0 Å². The normalized spacial score (nSPS) is 10.7. The summed E-state index contributed by atoms with van der Waals surface area (Å²) in [7, 11) is 0. The average Bonchev–Trinajstić information content (AvgIpc) is 1.80. The fraction of sp³-hybridized carbons (Fsp3) is 0.857. The molecule has 0 amide bonds. The number of hydrogen-bond acceptors (Lipinski definition) is 2. The van der Waals surface area contributed by atoms with E-state index in [1.165, 1.54) is 0 Å². The van der Waals surface area contributed by atoms with Crippen LogP contribution in [0.3, 0.4) is 0 Å². The van der Waals surface area contributed by atoms with Crippen LogP contribution in [0.15, 0.2) is 0 Å². The molecule has 0 aliphatic carbocycles. The third-order valence-corrected chi connectivity index (χ3v) is 0.769. The summed E-state index contributed by atoms with van der Waals surface area (Å²) in [4.78, 5) is 0. The van der Waals surface area contributed by atoms with Gasteiger partial charge in [-0.1, -0.05) is 13.8 Å². The lowest BCUT2D eigenvalue weighted by Gasteiger charge is -2.04. The molecule has 0 saturated heterocycles. The maximum absolute atomic E-state index is 5.08. The second kappa shape index (κ2) is 6.05. The van der Waals surface area contributed by atoms with Crippen LogP contribution in [0.4, 0.5) is 0 Å². The second-order valence-corrected chi connectivity index (χ2v) is 2.28. The molecule has 0 aromatic heterocycles. The first-order valence-corrected chi connectivity index (χ1v) is 3.24. The van der Waals surface area contributed by atoms with Gasteiger partial charge in [0.2, 0.25) is 0 Å². The summed E-state index contributed by atoms with van der Waals surface area (Å²) in [6.07, 6.45) is 0. The van der Waals surface area contributed by atoms with E-state index in [1.807, 2.05) is 6.92 Å². The number of hydrogen-bond donors (Lipinski definition) is 0. The Labute approximate surface area is 57.2 Å². The van der Waals surface area contributed by atoms with Gasteiger partial charge in [0.15, 0.2) is 0 Å². The molecular weight excluding hydrogens is 116 g/mol. The SMILES string of the molecule is C[CH]OCOCC(C)C. The van der Waals surface area contributed by atoms with Crippen LogP contribution in [0.5, 0.6) is 0 Å². The van der Waals surface area contributed by atoms with Crippen molar-refractivity contribution in [3.05, 3.63) is 6.61 Å². The van der Waals surface area contributed by atoms with Gasteiger partial charge < -0.3 is 9.47 Å². The fourth-order valence-corrected chi connectivity index (χ4v) is 0.400. The van der Waals surface area contributed by atoms with E-state index < -0.39 is 0 Å². The quantitative estimate of drug-likeness (QED) is 0.418. The molecule has 0 fully saturated rings. The third kappa shape index (κ3) is 7.92. The molecule has 1 radical (unpaired) electrons. The van der Waals surface area contributed by atoms with Gasteiger partial charge in [0.1, 0.15) is 6.79 Å². The topological polar surface area (TPSA) is 18.5 Å². The Balaban J connectivity index is 2.75. The van der Waals surface area contributed by atoms with E-state index in [0.717, 1.165) is 6.61 Å². The van der Waals surface area contributed by atoms with Gasteiger partial charge in [-0.3, -0.25) is 0 Å². The zero-order valence-electron chi connectivity index (χ0n) is 6.39. The molecule has 0 bridgehead atoms. The monoisotopic (exact) mass is 131 g/mol. The molecule has 0 aromatic carbocycles. The maximum Gasteiger partial charge on any atom is 0.147 e. The molecule has 0 aliphatic rings. The van der Waals surface area contributed by atoms with Crippen LogP contribution < -0.4 is 0 Å². The van der Waals surface area contributed by atoms with Crippen LogP contribution in [0.25, 0.3) is 0 Å². The van der Waals surface area contributed by atoms with Crippen molar-refractivity contribution in [2.75, 3.05) is 13.4 Å². The minimum Gasteiger partial charge on any atom is -0.355 e. The molecule has 0 aromatic rings. The standard InChI is InChI=1S/C7H15O2/c1-4-8-6-9-5-7(2)3/h4,7H,5-6H2,1-3H3. The maximum atomic E-state index is 5.08. The second-order valence-electron chi connectivity index (χ2n) is 2.28. The first-order chi connectivity index (χ1) is 4.27. The van der Waals surface area contributed by atoms with Gasteiger partial charge in [-0.05, 0) is 12.8 Å². The van der Waals surface area contributed by atoms with Crippen molar-refractivity contribution >= 4 is 0 Å². The van der Waals surface area contributed by atoms with Crippen molar-refractivity contribution in [1.29, 1.82) is 0 Å². The van der Waals surface area contributed by atoms with Crippen LogP contribution in [0.2, 0.25) is 0 Å².